The van der Waals surface area contributed by atoms with Crippen molar-refractivity contribution in [3.05, 3.63) is 89.2 Å². The first-order valence-electron chi connectivity index (χ1n) is 8.68. The van der Waals surface area contributed by atoms with Crippen molar-refractivity contribution < 1.29 is 19.4 Å². The van der Waals surface area contributed by atoms with Crippen molar-refractivity contribution in [2.24, 2.45) is 0 Å². The molecule has 1 heterocycles. The van der Waals surface area contributed by atoms with Gasteiger partial charge in [0, 0.05) is 18.0 Å². The Morgan fingerprint density at radius 1 is 1.00 bits per heavy atom. The number of aromatic nitrogens is 1. The maximum absolute atomic E-state index is 11.2. The molecular formula is C22H21NO4. The Kier molecular flexibility index (Phi) is 6.05. The summed E-state index contributed by atoms with van der Waals surface area (Å²) in [7, 11) is 1.46. The van der Waals surface area contributed by atoms with Crippen LogP contribution in [0.4, 0.5) is 0 Å². The van der Waals surface area contributed by atoms with E-state index in [0.29, 0.717) is 18.8 Å². The van der Waals surface area contributed by atoms with Crippen LogP contribution in [0.5, 0.6) is 11.5 Å². The number of carbonyl (C=O) groups is 1. The highest BCUT2D eigenvalue weighted by Gasteiger charge is 2.13. The van der Waals surface area contributed by atoms with E-state index < -0.39 is 5.97 Å². The Morgan fingerprint density at radius 2 is 1.74 bits per heavy atom. The minimum absolute atomic E-state index is 0.0628. The zero-order valence-corrected chi connectivity index (χ0v) is 15.1. The second kappa shape index (κ2) is 8.85. The van der Waals surface area contributed by atoms with E-state index in [-0.39, 0.29) is 5.56 Å². The van der Waals surface area contributed by atoms with Gasteiger partial charge in [-0.2, -0.15) is 0 Å². The quantitative estimate of drug-likeness (QED) is 0.651. The lowest BCUT2D eigenvalue weighted by Crippen LogP contribution is -2.04. The van der Waals surface area contributed by atoms with Gasteiger partial charge in [0.1, 0.15) is 23.7 Å². The van der Waals surface area contributed by atoms with Gasteiger partial charge in [-0.15, -0.1) is 0 Å². The van der Waals surface area contributed by atoms with Gasteiger partial charge in [-0.05, 0) is 30.0 Å². The molecule has 0 fully saturated rings. The molecule has 0 atom stereocenters. The molecule has 0 radical (unpaired) electrons. The zero-order valence-electron chi connectivity index (χ0n) is 15.1. The second-order valence-electron chi connectivity index (χ2n) is 6.06. The summed E-state index contributed by atoms with van der Waals surface area (Å²) in [4.78, 5) is 15.4. The van der Waals surface area contributed by atoms with Crippen LogP contribution < -0.4 is 9.47 Å². The van der Waals surface area contributed by atoms with Crippen LogP contribution in [0.3, 0.4) is 0 Å². The Labute approximate surface area is 158 Å². The van der Waals surface area contributed by atoms with Gasteiger partial charge in [-0.3, -0.25) is 4.98 Å². The molecule has 27 heavy (non-hydrogen) atoms. The topological polar surface area (TPSA) is 68.7 Å². The number of aromatic carboxylic acids is 1. The Morgan fingerprint density at radius 3 is 2.48 bits per heavy atom. The third-order valence-electron chi connectivity index (χ3n) is 4.23. The normalized spacial score (nSPS) is 10.4. The SMILES string of the molecule is COc1cc(CCc2ccccc2OCc2ccccc2)ncc1C(=O)O. The smallest absolute Gasteiger partial charge is 0.341 e. The van der Waals surface area contributed by atoms with Crippen molar-refractivity contribution in [3.63, 3.8) is 0 Å². The second-order valence-corrected chi connectivity index (χ2v) is 6.06. The van der Waals surface area contributed by atoms with Crippen LogP contribution in [-0.2, 0) is 19.4 Å². The van der Waals surface area contributed by atoms with Crippen molar-refractivity contribution in [3.8, 4) is 11.5 Å². The van der Waals surface area contributed by atoms with E-state index in [4.69, 9.17) is 14.6 Å². The molecule has 3 rings (SSSR count). The fourth-order valence-corrected chi connectivity index (χ4v) is 2.79. The molecule has 1 aromatic heterocycles. The van der Waals surface area contributed by atoms with Crippen LogP contribution in [0, 0.1) is 0 Å². The van der Waals surface area contributed by atoms with E-state index in [0.717, 1.165) is 29.0 Å². The van der Waals surface area contributed by atoms with Gasteiger partial charge in [0.2, 0.25) is 0 Å². The average molecular weight is 363 g/mol. The van der Waals surface area contributed by atoms with Gasteiger partial charge < -0.3 is 14.6 Å². The summed E-state index contributed by atoms with van der Waals surface area (Å²) in [6.07, 6.45) is 2.73. The first-order valence-corrected chi connectivity index (χ1v) is 8.68. The summed E-state index contributed by atoms with van der Waals surface area (Å²) in [5.41, 5.74) is 3.03. The number of carboxylic acids is 1. The Bertz CT molecular complexity index is 909. The molecular weight excluding hydrogens is 342 g/mol. The van der Waals surface area contributed by atoms with E-state index in [1.807, 2.05) is 54.6 Å². The maximum Gasteiger partial charge on any atom is 0.341 e. The third kappa shape index (κ3) is 4.85. The molecule has 1 N–H and O–H groups in total. The van der Waals surface area contributed by atoms with Crippen molar-refractivity contribution in [1.29, 1.82) is 0 Å². The molecule has 0 aliphatic rings. The van der Waals surface area contributed by atoms with Crippen LogP contribution in [-0.4, -0.2) is 23.2 Å². The van der Waals surface area contributed by atoms with Crippen molar-refractivity contribution in [1.82, 2.24) is 4.98 Å². The predicted molar refractivity (Wildman–Crippen MR) is 102 cm³/mol. The lowest BCUT2D eigenvalue weighted by molar-refractivity contribution is 0.0693. The molecule has 3 aromatic rings. The lowest BCUT2D eigenvalue weighted by Gasteiger charge is -2.12. The first-order chi connectivity index (χ1) is 13.2. The zero-order chi connectivity index (χ0) is 19.1. The van der Waals surface area contributed by atoms with Gasteiger partial charge in [0.05, 0.1) is 7.11 Å². The Hall–Kier alpha value is -3.34. The highest BCUT2D eigenvalue weighted by molar-refractivity contribution is 5.90. The number of benzene rings is 2. The van der Waals surface area contributed by atoms with E-state index in [1.165, 1.54) is 13.3 Å². The summed E-state index contributed by atoms with van der Waals surface area (Å²) in [5.74, 6) is 0.113. The average Bonchev–Trinajstić information content (AvgIpc) is 2.71. The number of aryl methyl sites for hydroxylation is 2. The molecule has 138 valence electrons. The van der Waals surface area contributed by atoms with Crippen LogP contribution >= 0.6 is 0 Å². The van der Waals surface area contributed by atoms with Crippen LogP contribution in [0.15, 0.2) is 66.9 Å². The van der Waals surface area contributed by atoms with Crippen molar-refractivity contribution in [2.75, 3.05) is 7.11 Å². The Balaban J connectivity index is 1.68. The van der Waals surface area contributed by atoms with E-state index in [9.17, 15) is 4.79 Å². The summed E-state index contributed by atoms with van der Waals surface area (Å²) in [5, 5.41) is 9.15. The fourth-order valence-electron chi connectivity index (χ4n) is 2.79. The minimum atomic E-state index is -1.05. The van der Waals surface area contributed by atoms with Crippen LogP contribution in [0.2, 0.25) is 0 Å². The molecule has 0 amide bonds. The van der Waals surface area contributed by atoms with Gasteiger partial charge >= 0.3 is 5.97 Å². The number of para-hydroxylation sites is 1. The summed E-state index contributed by atoms with van der Waals surface area (Å²) < 4.78 is 11.1. The number of carboxylic acid groups (broad SMARTS) is 1. The number of nitrogens with zero attached hydrogens (tertiary/aromatic N) is 1. The highest BCUT2D eigenvalue weighted by Crippen LogP contribution is 2.23. The maximum atomic E-state index is 11.2. The van der Waals surface area contributed by atoms with Crippen molar-refractivity contribution in [2.45, 2.75) is 19.4 Å². The lowest BCUT2D eigenvalue weighted by atomic mass is 10.1. The number of pyridine rings is 1. The van der Waals surface area contributed by atoms with Gasteiger partial charge in [-0.25, -0.2) is 4.79 Å². The van der Waals surface area contributed by atoms with E-state index >= 15 is 0 Å². The fraction of sp³-hybridized carbons (Fsp3) is 0.182. The molecule has 0 aliphatic heterocycles. The largest absolute Gasteiger partial charge is 0.496 e. The molecule has 0 spiro atoms. The number of methoxy groups -OCH3 is 1. The number of hydrogen-bond acceptors (Lipinski definition) is 4. The molecule has 5 nitrogen and oxygen atoms in total. The first kappa shape index (κ1) is 18.5. The van der Waals surface area contributed by atoms with Crippen LogP contribution in [0.25, 0.3) is 0 Å². The van der Waals surface area contributed by atoms with Crippen molar-refractivity contribution >= 4 is 5.97 Å². The number of rotatable bonds is 8. The molecule has 5 heteroatoms. The monoisotopic (exact) mass is 363 g/mol. The predicted octanol–water partition coefficient (Wildman–Crippen LogP) is 4.15. The molecule has 0 saturated heterocycles. The molecule has 0 aliphatic carbocycles. The summed E-state index contributed by atoms with van der Waals surface area (Å²) >= 11 is 0. The molecule has 2 aromatic carbocycles. The van der Waals surface area contributed by atoms with Gasteiger partial charge in [-0.1, -0.05) is 48.5 Å². The van der Waals surface area contributed by atoms with Gasteiger partial charge in [0.15, 0.2) is 0 Å². The summed E-state index contributed by atoms with van der Waals surface area (Å²) in [6, 6.07) is 19.6. The molecule has 0 unspecified atom stereocenters. The van der Waals surface area contributed by atoms with Gasteiger partial charge in [0.25, 0.3) is 0 Å². The minimum Gasteiger partial charge on any atom is -0.496 e. The summed E-state index contributed by atoms with van der Waals surface area (Å²) in [6.45, 7) is 0.511. The number of ether oxygens (including phenoxy) is 2. The third-order valence-corrected chi connectivity index (χ3v) is 4.23. The van der Waals surface area contributed by atoms with Crippen LogP contribution in [0.1, 0.15) is 27.2 Å². The number of hydrogen-bond donors (Lipinski definition) is 1. The molecule has 0 saturated carbocycles. The van der Waals surface area contributed by atoms with E-state index in [2.05, 4.69) is 4.98 Å². The standard InChI is InChI=1S/C22H21NO4/c1-26-21-13-18(23-14-19(21)22(24)25)12-11-17-9-5-6-10-20(17)27-15-16-7-3-2-4-8-16/h2-10,13-14H,11-12,15H2,1H3,(H,24,25). The highest BCUT2D eigenvalue weighted by atomic mass is 16.5. The van der Waals surface area contributed by atoms with E-state index in [1.54, 1.807) is 6.07 Å². The molecule has 0 bridgehead atoms.